The SMILES string of the molecule is Cc1cnc([C@H]2CCCN(C(=O)c3noc4c3CCCC4)C2)[nH]1. The molecule has 2 aromatic rings. The largest absolute Gasteiger partial charge is 0.360 e. The van der Waals surface area contributed by atoms with E-state index in [2.05, 4.69) is 15.1 Å². The van der Waals surface area contributed by atoms with E-state index in [9.17, 15) is 4.79 Å². The molecule has 1 aliphatic heterocycles. The molecule has 3 heterocycles. The smallest absolute Gasteiger partial charge is 0.276 e. The maximum atomic E-state index is 12.9. The molecule has 2 aromatic heterocycles. The normalized spacial score (nSPS) is 21.3. The van der Waals surface area contributed by atoms with Crippen LogP contribution in [0.3, 0.4) is 0 Å². The summed E-state index contributed by atoms with van der Waals surface area (Å²) in [4.78, 5) is 22.5. The van der Waals surface area contributed by atoms with Gasteiger partial charge in [0.1, 0.15) is 11.6 Å². The van der Waals surface area contributed by atoms with Crippen LogP contribution >= 0.6 is 0 Å². The maximum absolute atomic E-state index is 12.9. The van der Waals surface area contributed by atoms with E-state index in [1.165, 1.54) is 0 Å². The van der Waals surface area contributed by atoms with Crippen LogP contribution in [0.2, 0.25) is 0 Å². The lowest BCUT2D eigenvalue weighted by Gasteiger charge is -2.31. The van der Waals surface area contributed by atoms with E-state index in [1.54, 1.807) is 0 Å². The molecule has 2 aliphatic rings. The zero-order valence-corrected chi connectivity index (χ0v) is 13.5. The lowest BCUT2D eigenvalue weighted by Crippen LogP contribution is -2.40. The van der Waals surface area contributed by atoms with Crippen molar-refractivity contribution in [1.82, 2.24) is 20.0 Å². The Labute approximate surface area is 135 Å². The molecule has 0 unspecified atom stereocenters. The third-order valence-electron chi connectivity index (χ3n) is 4.97. The molecular weight excluding hydrogens is 292 g/mol. The van der Waals surface area contributed by atoms with Gasteiger partial charge in [-0.15, -0.1) is 0 Å². The number of carbonyl (C=O) groups excluding carboxylic acids is 1. The van der Waals surface area contributed by atoms with Crippen molar-refractivity contribution in [3.8, 4) is 0 Å². The second-order valence-corrected chi connectivity index (χ2v) is 6.68. The Morgan fingerprint density at radius 1 is 1.35 bits per heavy atom. The molecule has 1 N–H and O–H groups in total. The highest BCUT2D eigenvalue weighted by atomic mass is 16.5. The summed E-state index contributed by atoms with van der Waals surface area (Å²) in [5.74, 6) is 2.20. The van der Waals surface area contributed by atoms with Gasteiger partial charge < -0.3 is 14.4 Å². The van der Waals surface area contributed by atoms with Gasteiger partial charge in [-0.25, -0.2) is 4.98 Å². The van der Waals surface area contributed by atoms with Gasteiger partial charge in [0, 0.05) is 42.9 Å². The van der Waals surface area contributed by atoms with Gasteiger partial charge >= 0.3 is 0 Å². The first kappa shape index (κ1) is 14.5. The van der Waals surface area contributed by atoms with Crippen molar-refractivity contribution < 1.29 is 9.32 Å². The van der Waals surface area contributed by atoms with Crippen molar-refractivity contribution in [3.63, 3.8) is 0 Å². The molecule has 1 fully saturated rings. The number of piperidine rings is 1. The van der Waals surface area contributed by atoms with Crippen molar-refractivity contribution in [2.24, 2.45) is 0 Å². The number of imidazole rings is 1. The van der Waals surface area contributed by atoms with Gasteiger partial charge in [0.25, 0.3) is 5.91 Å². The number of carbonyl (C=O) groups is 1. The summed E-state index contributed by atoms with van der Waals surface area (Å²) in [5, 5.41) is 4.09. The Morgan fingerprint density at radius 2 is 2.22 bits per heavy atom. The third kappa shape index (κ3) is 2.66. The van der Waals surface area contributed by atoms with E-state index in [0.717, 1.165) is 67.9 Å². The average molecular weight is 314 g/mol. The minimum Gasteiger partial charge on any atom is -0.360 e. The lowest BCUT2D eigenvalue weighted by molar-refractivity contribution is 0.0693. The molecule has 1 saturated heterocycles. The van der Waals surface area contributed by atoms with Crippen molar-refractivity contribution >= 4 is 5.91 Å². The Bertz CT molecular complexity index is 718. The Kier molecular flexibility index (Phi) is 3.67. The number of nitrogens with one attached hydrogen (secondary N) is 1. The van der Waals surface area contributed by atoms with E-state index in [0.29, 0.717) is 12.2 Å². The highest BCUT2D eigenvalue weighted by Crippen LogP contribution is 2.29. The van der Waals surface area contributed by atoms with Crippen LogP contribution in [0.1, 0.15) is 64.9 Å². The molecule has 23 heavy (non-hydrogen) atoms. The van der Waals surface area contributed by atoms with Crippen molar-refractivity contribution in [2.45, 2.75) is 51.4 Å². The zero-order chi connectivity index (χ0) is 15.8. The second kappa shape index (κ2) is 5.83. The van der Waals surface area contributed by atoms with Gasteiger partial charge in [-0.2, -0.15) is 0 Å². The van der Waals surface area contributed by atoms with E-state index < -0.39 is 0 Å². The zero-order valence-electron chi connectivity index (χ0n) is 13.5. The number of aromatic amines is 1. The monoisotopic (exact) mass is 314 g/mol. The lowest BCUT2D eigenvalue weighted by atomic mass is 9.94. The summed E-state index contributed by atoms with van der Waals surface area (Å²) < 4.78 is 5.40. The van der Waals surface area contributed by atoms with Crippen LogP contribution < -0.4 is 0 Å². The van der Waals surface area contributed by atoms with E-state index >= 15 is 0 Å². The van der Waals surface area contributed by atoms with Crippen LogP contribution in [0.15, 0.2) is 10.7 Å². The average Bonchev–Trinajstić information content (AvgIpc) is 3.20. The first-order chi connectivity index (χ1) is 11.2. The number of hydrogen-bond acceptors (Lipinski definition) is 4. The van der Waals surface area contributed by atoms with Crippen LogP contribution in [0, 0.1) is 6.92 Å². The highest BCUT2D eigenvalue weighted by Gasteiger charge is 2.31. The standard InChI is InChI=1S/C17H22N4O2/c1-11-9-18-16(19-11)12-5-4-8-21(10-12)17(22)15-13-6-2-3-7-14(13)23-20-15/h9,12H,2-8,10H2,1H3,(H,18,19)/t12-/m0/s1. The first-order valence-corrected chi connectivity index (χ1v) is 8.50. The van der Waals surface area contributed by atoms with Crippen molar-refractivity contribution in [2.75, 3.05) is 13.1 Å². The summed E-state index contributed by atoms with van der Waals surface area (Å²) in [7, 11) is 0. The molecule has 1 amide bonds. The molecular formula is C17H22N4O2. The summed E-state index contributed by atoms with van der Waals surface area (Å²) >= 11 is 0. The predicted octanol–water partition coefficient (Wildman–Crippen LogP) is 2.60. The molecule has 0 bridgehead atoms. The van der Waals surface area contributed by atoms with Gasteiger partial charge in [0.2, 0.25) is 0 Å². The van der Waals surface area contributed by atoms with Crippen LogP contribution in [-0.4, -0.2) is 39.0 Å². The van der Waals surface area contributed by atoms with Crippen LogP contribution in [0.25, 0.3) is 0 Å². The minimum atomic E-state index is 0.0184. The molecule has 4 rings (SSSR count). The van der Waals surface area contributed by atoms with E-state index in [-0.39, 0.29) is 11.8 Å². The number of fused-ring (bicyclic) bond motifs is 1. The first-order valence-electron chi connectivity index (χ1n) is 8.50. The summed E-state index contributed by atoms with van der Waals surface area (Å²) in [6.45, 7) is 3.49. The van der Waals surface area contributed by atoms with Gasteiger partial charge in [-0.05, 0) is 39.0 Å². The topological polar surface area (TPSA) is 75.0 Å². The fourth-order valence-corrected chi connectivity index (χ4v) is 3.73. The predicted molar refractivity (Wildman–Crippen MR) is 84.3 cm³/mol. The molecule has 6 nitrogen and oxygen atoms in total. The highest BCUT2D eigenvalue weighted by molar-refractivity contribution is 5.94. The Hall–Kier alpha value is -2.11. The summed E-state index contributed by atoms with van der Waals surface area (Å²) in [6.07, 6.45) is 7.97. The third-order valence-corrected chi connectivity index (χ3v) is 4.97. The number of nitrogens with zero attached hydrogens (tertiary/aromatic N) is 3. The maximum Gasteiger partial charge on any atom is 0.276 e. The van der Waals surface area contributed by atoms with Crippen LogP contribution in [0.5, 0.6) is 0 Å². The minimum absolute atomic E-state index is 0.0184. The molecule has 0 spiro atoms. The van der Waals surface area contributed by atoms with Gasteiger partial charge in [0.15, 0.2) is 5.69 Å². The van der Waals surface area contributed by atoms with Crippen LogP contribution in [-0.2, 0) is 12.8 Å². The summed E-state index contributed by atoms with van der Waals surface area (Å²) in [6, 6.07) is 0. The Balaban J connectivity index is 1.53. The second-order valence-electron chi connectivity index (χ2n) is 6.68. The van der Waals surface area contributed by atoms with Crippen LogP contribution in [0.4, 0.5) is 0 Å². The number of aromatic nitrogens is 3. The fourth-order valence-electron chi connectivity index (χ4n) is 3.73. The summed E-state index contributed by atoms with van der Waals surface area (Å²) in [5.41, 5.74) is 2.64. The van der Waals surface area contributed by atoms with Crippen molar-refractivity contribution in [3.05, 3.63) is 34.7 Å². The molecule has 0 aromatic carbocycles. The number of likely N-dealkylation sites (tertiary alicyclic amines) is 1. The molecule has 122 valence electrons. The van der Waals surface area contributed by atoms with E-state index in [4.69, 9.17) is 4.52 Å². The van der Waals surface area contributed by atoms with Gasteiger partial charge in [0.05, 0.1) is 0 Å². The quantitative estimate of drug-likeness (QED) is 0.924. The van der Waals surface area contributed by atoms with E-state index in [1.807, 2.05) is 18.0 Å². The molecule has 6 heteroatoms. The Morgan fingerprint density at radius 3 is 3.04 bits per heavy atom. The van der Waals surface area contributed by atoms with Gasteiger partial charge in [-0.1, -0.05) is 5.16 Å². The molecule has 0 saturated carbocycles. The number of amides is 1. The number of hydrogen-bond donors (Lipinski definition) is 1. The number of H-pyrrole nitrogens is 1. The number of rotatable bonds is 2. The van der Waals surface area contributed by atoms with Crippen molar-refractivity contribution in [1.29, 1.82) is 0 Å². The fraction of sp³-hybridized carbons (Fsp3) is 0.588. The molecule has 1 aliphatic carbocycles. The number of aryl methyl sites for hydroxylation is 2. The molecule has 0 radical (unpaired) electrons. The van der Waals surface area contributed by atoms with Gasteiger partial charge in [-0.3, -0.25) is 4.79 Å². The molecule has 1 atom stereocenters.